The van der Waals surface area contributed by atoms with Crippen molar-refractivity contribution in [3.8, 4) is 0 Å². The zero-order valence-electron chi connectivity index (χ0n) is 10.1. The summed E-state index contributed by atoms with van der Waals surface area (Å²) in [5, 5.41) is 3.24. The number of hydrogen-bond acceptors (Lipinski definition) is 3. The molecular formula is C12H13F3N4. The van der Waals surface area contributed by atoms with Crippen molar-refractivity contribution in [2.45, 2.75) is 6.18 Å². The number of imidazole rings is 1. The van der Waals surface area contributed by atoms with Crippen molar-refractivity contribution < 1.29 is 13.2 Å². The Morgan fingerprint density at radius 2 is 1.84 bits per heavy atom. The summed E-state index contributed by atoms with van der Waals surface area (Å²) in [5.74, 6) is 0. The van der Waals surface area contributed by atoms with E-state index in [0.717, 1.165) is 38.1 Å². The zero-order chi connectivity index (χ0) is 13.5. The molecule has 0 amide bonds. The van der Waals surface area contributed by atoms with Gasteiger partial charge in [0.25, 0.3) is 0 Å². The van der Waals surface area contributed by atoms with Gasteiger partial charge in [0.2, 0.25) is 0 Å². The Kier molecular flexibility index (Phi) is 2.85. The van der Waals surface area contributed by atoms with Crippen LogP contribution in [0.25, 0.3) is 5.65 Å². The number of rotatable bonds is 1. The van der Waals surface area contributed by atoms with Crippen LogP contribution in [0.2, 0.25) is 0 Å². The molecule has 0 unspecified atom stereocenters. The number of aromatic nitrogens is 2. The predicted octanol–water partition coefficient (Wildman–Crippen LogP) is 1.76. The van der Waals surface area contributed by atoms with Gasteiger partial charge in [0.05, 0.1) is 5.69 Å². The Hall–Kier alpha value is -1.76. The fourth-order valence-electron chi connectivity index (χ4n) is 2.23. The van der Waals surface area contributed by atoms with Crippen LogP contribution in [-0.2, 0) is 6.18 Å². The number of alkyl halides is 3. The summed E-state index contributed by atoms with van der Waals surface area (Å²) in [6.45, 7) is 3.48. The van der Waals surface area contributed by atoms with E-state index in [0.29, 0.717) is 5.65 Å². The molecular weight excluding hydrogens is 257 g/mol. The smallest absolute Gasteiger partial charge is 0.368 e. The first-order chi connectivity index (χ1) is 9.04. The molecule has 0 radical (unpaired) electrons. The molecule has 0 aromatic carbocycles. The van der Waals surface area contributed by atoms with Gasteiger partial charge >= 0.3 is 6.18 Å². The molecule has 0 aliphatic carbocycles. The quantitative estimate of drug-likeness (QED) is 0.857. The molecule has 0 atom stereocenters. The van der Waals surface area contributed by atoms with Crippen LogP contribution in [0.15, 0.2) is 24.5 Å². The summed E-state index contributed by atoms with van der Waals surface area (Å²) in [6, 6.07) is 3.43. The van der Waals surface area contributed by atoms with E-state index >= 15 is 0 Å². The average Bonchev–Trinajstić information content (AvgIpc) is 2.82. The zero-order valence-corrected chi connectivity index (χ0v) is 10.1. The largest absolute Gasteiger partial charge is 0.434 e. The van der Waals surface area contributed by atoms with E-state index in [9.17, 15) is 13.2 Å². The Morgan fingerprint density at radius 3 is 2.53 bits per heavy atom. The molecule has 2 aromatic rings. The number of nitrogens with zero attached hydrogens (tertiary/aromatic N) is 3. The molecule has 102 valence electrons. The third-order valence-electron chi connectivity index (χ3n) is 3.21. The lowest BCUT2D eigenvalue weighted by molar-refractivity contribution is -0.140. The number of anilines is 1. The Labute approximate surface area is 107 Å². The van der Waals surface area contributed by atoms with Crippen molar-refractivity contribution >= 4 is 11.3 Å². The van der Waals surface area contributed by atoms with E-state index in [1.807, 2.05) is 6.07 Å². The van der Waals surface area contributed by atoms with Crippen molar-refractivity contribution in [3.63, 3.8) is 0 Å². The highest BCUT2D eigenvalue weighted by Gasteiger charge is 2.33. The summed E-state index contributed by atoms with van der Waals surface area (Å²) in [7, 11) is 0. The van der Waals surface area contributed by atoms with Crippen molar-refractivity contribution in [3.05, 3.63) is 30.2 Å². The molecule has 1 aliphatic heterocycles. The number of pyridine rings is 1. The summed E-state index contributed by atoms with van der Waals surface area (Å²) in [4.78, 5) is 5.72. The van der Waals surface area contributed by atoms with Crippen LogP contribution < -0.4 is 10.2 Å². The molecule has 4 nitrogen and oxygen atoms in total. The molecule has 1 aliphatic rings. The maximum atomic E-state index is 12.6. The summed E-state index contributed by atoms with van der Waals surface area (Å²) in [5.41, 5.74) is 0.372. The van der Waals surface area contributed by atoms with Gasteiger partial charge in [0, 0.05) is 38.6 Å². The second kappa shape index (κ2) is 4.41. The van der Waals surface area contributed by atoms with Gasteiger partial charge in [-0.05, 0) is 12.1 Å². The van der Waals surface area contributed by atoms with Gasteiger partial charge in [0.1, 0.15) is 5.65 Å². The molecule has 0 bridgehead atoms. The molecule has 1 N–H and O–H groups in total. The van der Waals surface area contributed by atoms with Crippen LogP contribution in [0, 0.1) is 0 Å². The van der Waals surface area contributed by atoms with E-state index in [-0.39, 0.29) is 0 Å². The van der Waals surface area contributed by atoms with E-state index in [1.54, 1.807) is 12.3 Å². The maximum Gasteiger partial charge on any atom is 0.434 e. The van der Waals surface area contributed by atoms with Gasteiger partial charge in [0.15, 0.2) is 5.69 Å². The van der Waals surface area contributed by atoms with E-state index in [4.69, 9.17) is 0 Å². The van der Waals surface area contributed by atoms with Gasteiger partial charge in [-0.15, -0.1) is 0 Å². The van der Waals surface area contributed by atoms with Crippen LogP contribution in [-0.4, -0.2) is 35.6 Å². The highest BCUT2D eigenvalue weighted by molar-refractivity contribution is 5.53. The van der Waals surface area contributed by atoms with Gasteiger partial charge in [-0.3, -0.25) is 0 Å². The van der Waals surface area contributed by atoms with Crippen molar-refractivity contribution in [1.82, 2.24) is 14.7 Å². The molecule has 0 spiro atoms. The first kappa shape index (κ1) is 12.3. The highest BCUT2D eigenvalue weighted by atomic mass is 19.4. The number of fused-ring (bicyclic) bond motifs is 1. The van der Waals surface area contributed by atoms with Crippen LogP contribution in [0.4, 0.5) is 18.9 Å². The lowest BCUT2D eigenvalue weighted by Gasteiger charge is -2.29. The van der Waals surface area contributed by atoms with Crippen molar-refractivity contribution in [1.29, 1.82) is 0 Å². The number of nitrogens with one attached hydrogen (secondary N) is 1. The van der Waals surface area contributed by atoms with E-state index < -0.39 is 11.9 Å². The third kappa shape index (κ3) is 2.37. The van der Waals surface area contributed by atoms with Crippen molar-refractivity contribution in [2.75, 3.05) is 31.1 Å². The minimum Gasteiger partial charge on any atom is -0.368 e. The Bertz CT molecular complexity index is 584. The Morgan fingerprint density at radius 1 is 1.11 bits per heavy atom. The fraction of sp³-hybridized carbons (Fsp3) is 0.417. The van der Waals surface area contributed by atoms with Gasteiger partial charge in [-0.2, -0.15) is 13.2 Å². The third-order valence-corrected chi connectivity index (χ3v) is 3.21. The number of hydrogen-bond donors (Lipinski definition) is 1. The average molecular weight is 270 g/mol. The molecule has 7 heteroatoms. The molecule has 3 heterocycles. The number of piperazine rings is 1. The minimum absolute atomic E-state index is 0.311. The van der Waals surface area contributed by atoms with Crippen molar-refractivity contribution in [2.24, 2.45) is 0 Å². The van der Waals surface area contributed by atoms with Crippen LogP contribution in [0.3, 0.4) is 0 Å². The van der Waals surface area contributed by atoms with Gasteiger partial charge < -0.3 is 14.6 Å². The molecule has 1 saturated heterocycles. The minimum atomic E-state index is -4.40. The molecule has 2 aromatic heterocycles. The fourth-order valence-corrected chi connectivity index (χ4v) is 2.23. The summed E-state index contributed by atoms with van der Waals surface area (Å²) >= 11 is 0. The monoisotopic (exact) mass is 270 g/mol. The van der Waals surface area contributed by atoms with Crippen LogP contribution in [0.1, 0.15) is 5.69 Å². The van der Waals surface area contributed by atoms with E-state index in [1.165, 1.54) is 4.40 Å². The normalized spacial score (nSPS) is 17.1. The molecule has 3 rings (SSSR count). The molecule has 19 heavy (non-hydrogen) atoms. The molecule has 0 saturated carbocycles. The predicted molar refractivity (Wildman–Crippen MR) is 65.3 cm³/mol. The first-order valence-corrected chi connectivity index (χ1v) is 6.06. The second-order valence-corrected chi connectivity index (χ2v) is 4.51. The van der Waals surface area contributed by atoms with Crippen LogP contribution >= 0.6 is 0 Å². The lowest BCUT2D eigenvalue weighted by atomic mass is 10.3. The summed E-state index contributed by atoms with van der Waals surface area (Å²) in [6.07, 6.45) is -1.68. The standard InChI is InChI=1S/C12H13F3N4/c13-12(14,15)10-8-19-7-9(1-2-11(19)17-10)18-5-3-16-4-6-18/h1-2,7-8,16H,3-6H2. The van der Waals surface area contributed by atoms with Crippen LogP contribution in [0.5, 0.6) is 0 Å². The highest BCUT2D eigenvalue weighted by Crippen LogP contribution is 2.29. The molecule has 1 fully saturated rings. The van der Waals surface area contributed by atoms with E-state index in [2.05, 4.69) is 15.2 Å². The van der Waals surface area contributed by atoms with Gasteiger partial charge in [-0.25, -0.2) is 4.98 Å². The van der Waals surface area contributed by atoms with Gasteiger partial charge in [-0.1, -0.05) is 0 Å². The lowest BCUT2D eigenvalue weighted by Crippen LogP contribution is -2.43. The Balaban J connectivity index is 1.96. The topological polar surface area (TPSA) is 32.6 Å². The SMILES string of the molecule is FC(F)(F)c1cn2cc(N3CCNCC3)ccc2n1. The maximum absolute atomic E-state index is 12.6. The number of halogens is 3. The second-order valence-electron chi connectivity index (χ2n) is 4.51. The first-order valence-electron chi connectivity index (χ1n) is 6.06. The summed E-state index contributed by atoms with van der Waals surface area (Å²) < 4.78 is 39.2.